The van der Waals surface area contributed by atoms with E-state index in [0.717, 1.165) is 17.0 Å². The summed E-state index contributed by atoms with van der Waals surface area (Å²) in [7, 11) is 3.10. The minimum atomic E-state index is -0.0926. The van der Waals surface area contributed by atoms with Gasteiger partial charge in [-0.2, -0.15) is 0 Å². The third-order valence-electron chi connectivity index (χ3n) is 5.29. The van der Waals surface area contributed by atoms with Gasteiger partial charge in [-0.3, -0.25) is 9.59 Å². The maximum Gasteiger partial charge on any atom is 0.254 e. The van der Waals surface area contributed by atoms with Crippen molar-refractivity contribution in [1.82, 2.24) is 15.0 Å². The molecule has 1 fully saturated rings. The third-order valence-corrected chi connectivity index (χ3v) is 5.29. The number of hydrogen-bond donors (Lipinski definition) is 0. The lowest BCUT2D eigenvalue weighted by Gasteiger charge is -2.35. The lowest BCUT2D eigenvalue weighted by atomic mass is 10.1. The van der Waals surface area contributed by atoms with Gasteiger partial charge in [-0.05, 0) is 32.4 Å². The molecular weight excluding hydrogens is 374 g/mol. The lowest BCUT2D eigenvalue weighted by Crippen LogP contribution is -2.50. The summed E-state index contributed by atoms with van der Waals surface area (Å²) in [4.78, 5) is 29.0. The normalized spacial score (nSPS) is 14.1. The number of aromatic nitrogens is 1. The van der Waals surface area contributed by atoms with E-state index in [1.807, 2.05) is 18.7 Å². The summed E-state index contributed by atoms with van der Waals surface area (Å²) in [6, 6.07) is 5.13. The van der Waals surface area contributed by atoms with E-state index in [0.29, 0.717) is 56.1 Å². The second kappa shape index (κ2) is 8.98. The summed E-state index contributed by atoms with van der Waals surface area (Å²) in [5.41, 5.74) is 2.35. The number of aryl methyl sites for hydroxylation is 2. The monoisotopic (exact) mass is 401 g/mol. The van der Waals surface area contributed by atoms with E-state index < -0.39 is 0 Å². The van der Waals surface area contributed by atoms with E-state index in [1.54, 1.807) is 37.3 Å². The molecule has 29 heavy (non-hydrogen) atoms. The van der Waals surface area contributed by atoms with Crippen LogP contribution in [0.4, 0.5) is 0 Å². The first-order valence-corrected chi connectivity index (χ1v) is 9.64. The van der Waals surface area contributed by atoms with Gasteiger partial charge in [0.15, 0.2) is 0 Å². The number of methoxy groups -OCH3 is 2. The molecule has 0 spiro atoms. The van der Waals surface area contributed by atoms with Crippen molar-refractivity contribution in [2.75, 3.05) is 40.4 Å². The van der Waals surface area contributed by atoms with Gasteiger partial charge < -0.3 is 23.8 Å². The predicted octanol–water partition coefficient (Wildman–Crippen LogP) is 2.23. The summed E-state index contributed by atoms with van der Waals surface area (Å²) >= 11 is 0. The number of hydrogen-bond acceptors (Lipinski definition) is 6. The van der Waals surface area contributed by atoms with Crippen molar-refractivity contribution in [2.45, 2.75) is 26.7 Å². The van der Waals surface area contributed by atoms with Crippen LogP contribution in [0.3, 0.4) is 0 Å². The standard InChI is InChI=1S/C21H27N3O5/c1-14-19(15(2)29-22-14)5-6-20(25)23-7-9-24(10-8-23)21(26)16-11-17(27-3)13-18(12-16)28-4/h11-13H,5-10H2,1-4H3. The fourth-order valence-corrected chi connectivity index (χ4v) is 3.52. The van der Waals surface area contributed by atoms with Gasteiger partial charge in [0.05, 0.1) is 19.9 Å². The molecule has 8 heteroatoms. The molecule has 0 N–H and O–H groups in total. The van der Waals surface area contributed by atoms with Crippen LogP contribution in [-0.4, -0.2) is 67.2 Å². The smallest absolute Gasteiger partial charge is 0.254 e. The van der Waals surface area contributed by atoms with Crippen molar-refractivity contribution in [2.24, 2.45) is 0 Å². The van der Waals surface area contributed by atoms with Gasteiger partial charge in [0, 0.05) is 49.8 Å². The van der Waals surface area contributed by atoms with Crippen LogP contribution < -0.4 is 9.47 Å². The minimum absolute atomic E-state index is 0.0835. The first-order valence-electron chi connectivity index (χ1n) is 9.64. The number of carbonyl (C=O) groups excluding carboxylic acids is 2. The predicted molar refractivity (Wildman–Crippen MR) is 106 cm³/mol. The summed E-state index contributed by atoms with van der Waals surface area (Å²) in [6.45, 7) is 5.78. The highest BCUT2D eigenvalue weighted by Gasteiger charge is 2.25. The van der Waals surface area contributed by atoms with Crippen LogP contribution in [0.25, 0.3) is 0 Å². The Balaban J connectivity index is 1.56. The number of piperazine rings is 1. The molecule has 2 heterocycles. The van der Waals surface area contributed by atoms with E-state index in [1.165, 1.54) is 0 Å². The minimum Gasteiger partial charge on any atom is -0.497 e. The average molecular weight is 401 g/mol. The Bertz CT molecular complexity index is 843. The highest BCUT2D eigenvalue weighted by atomic mass is 16.5. The fraction of sp³-hybridized carbons (Fsp3) is 0.476. The molecule has 0 saturated carbocycles. The first-order chi connectivity index (χ1) is 13.9. The van der Waals surface area contributed by atoms with Crippen LogP contribution in [0.2, 0.25) is 0 Å². The molecule has 8 nitrogen and oxygen atoms in total. The molecular formula is C21H27N3O5. The Kier molecular flexibility index (Phi) is 6.41. The number of carbonyl (C=O) groups is 2. The Morgan fingerprint density at radius 2 is 1.59 bits per heavy atom. The zero-order chi connectivity index (χ0) is 21.0. The molecule has 0 unspecified atom stereocenters. The Labute approximate surface area is 170 Å². The third kappa shape index (κ3) is 4.70. The van der Waals surface area contributed by atoms with Crippen molar-refractivity contribution in [1.29, 1.82) is 0 Å². The van der Waals surface area contributed by atoms with Gasteiger partial charge in [0.2, 0.25) is 5.91 Å². The van der Waals surface area contributed by atoms with Crippen LogP contribution in [0.15, 0.2) is 22.7 Å². The fourth-order valence-electron chi connectivity index (χ4n) is 3.52. The van der Waals surface area contributed by atoms with Gasteiger partial charge in [-0.15, -0.1) is 0 Å². The van der Waals surface area contributed by atoms with E-state index in [2.05, 4.69) is 5.16 Å². The van der Waals surface area contributed by atoms with E-state index in [4.69, 9.17) is 14.0 Å². The molecule has 156 valence electrons. The zero-order valence-electron chi connectivity index (χ0n) is 17.4. The molecule has 1 aliphatic heterocycles. The highest BCUT2D eigenvalue weighted by molar-refractivity contribution is 5.95. The number of benzene rings is 1. The van der Waals surface area contributed by atoms with Crippen molar-refractivity contribution < 1.29 is 23.6 Å². The van der Waals surface area contributed by atoms with Crippen molar-refractivity contribution >= 4 is 11.8 Å². The van der Waals surface area contributed by atoms with Gasteiger partial charge in [-0.1, -0.05) is 5.16 Å². The molecule has 2 amide bonds. The van der Waals surface area contributed by atoms with Gasteiger partial charge in [-0.25, -0.2) is 0 Å². The second-order valence-corrected chi connectivity index (χ2v) is 7.08. The molecule has 0 atom stereocenters. The van der Waals surface area contributed by atoms with Gasteiger partial charge in [0.25, 0.3) is 5.91 Å². The van der Waals surface area contributed by atoms with Gasteiger partial charge in [0.1, 0.15) is 17.3 Å². The van der Waals surface area contributed by atoms with E-state index in [-0.39, 0.29) is 11.8 Å². The number of ether oxygens (including phenoxy) is 2. The van der Waals surface area contributed by atoms with E-state index in [9.17, 15) is 9.59 Å². The second-order valence-electron chi connectivity index (χ2n) is 7.08. The van der Waals surface area contributed by atoms with Crippen LogP contribution in [0.1, 0.15) is 33.8 Å². The highest BCUT2D eigenvalue weighted by Crippen LogP contribution is 2.24. The van der Waals surface area contributed by atoms with Crippen molar-refractivity contribution in [3.05, 3.63) is 40.8 Å². The molecule has 1 aliphatic rings. The largest absolute Gasteiger partial charge is 0.497 e. The lowest BCUT2D eigenvalue weighted by molar-refractivity contribution is -0.132. The van der Waals surface area contributed by atoms with Crippen LogP contribution in [0, 0.1) is 13.8 Å². The van der Waals surface area contributed by atoms with E-state index >= 15 is 0 Å². The Morgan fingerprint density at radius 1 is 1.00 bits per heavy atom. The summed E-state index contributed by atoms with van der Waals surface area (Å²) in [5.74, 6) is 1.89. The molecule has 0 radical (unpaired) electrons. The summed E-state index contributed by atoms with van der Waals surface area (Å²) in [5, 5.41) is 3.93. The quantitative estimate of drug-likeness (QED) is 0.738. The topological polar surface area (TPSA) is 85.1 Å². The number of amides is 2. The number of rotatable bonds is 6. The molecule has 2 aromatic rings. The SMILES string of the molecule is COc1cc(OC)cc(C(=O)N2CCN(C(=O)CCc3c(C)noc3C)CC2)c1. The molecule has 3 rings (SSSR count). The summed E-state index contributed by atoms with van der Waals surface area (Å²) < 4.78 is 15.6. The van der Waals surface area contributed by atoms with Gasteiger partial charge >= 0.3 is 0 Å². The molecule has 1 aromatic heterocycles. The number of nitrogens with zero attached hydrogens (tertiary/aromatic N) is 3. The van der Waals surface area contributed by atoms with Crippen molar-refractivity contribution in [3.63, 3.8) is 0 Å². The van der Waals surface area contributed by atoms with Crippen molar-refractivity contribution in [3.8, 4) is 11.5 Å². The Hall–Kier alpha value is -3.03. The average Bonchev–Trinajstić information content (AvgIpc) is 3.08. The molecule has 1 saturated heterocycles. The summed E-state index contributed by atoms with van der Waals surface area (Å²) in [6.07, 6.45) is 1.02. The molecule has 0 bridgehead atoms. The Morgan fingerprint density at radius 3 is 2.10 bits per heavy atom. The molecule has 1 aromatic carbocycles. The maximum atomic E-state index is 12.9. The zero-order valence-corrected chi connectivity index (χ0v) is 17.4. The van der Waals surface area contributed by atoms with Crippen LogP contribution >= 0.6 is 0 Å². The first kappa shape index (κ1) is 20.7. The maximum absolute atomic E-state index is 12.9. The van der Waals surface area contributed by atoms with Crippen LogP contribution in [0.5, 0.6) is 11.5 Å². The van der Waals surface area contributed by atoms with Crippen LogP contribution in [-0.2, 0) is 11.2 Å². The molecule has 0 aliphatic carbocycles.